The number of nitrogens with zero attached hydrogens (tertiary/aromatic N) is 2. The van der Waals surface area contributed by atoms with E-state index >= 15 is 0 Å². The molecule has 2 rings (SSSR count). The maximum absolute atomic E-state index is 11.5. The number of anilines is 1. The third-order valence-electron chi connectivity index (χ3n) is 2.32. The highest BCUT2D eigenvalue weighted by molar-refractivity contribution is 7.18. The SMILES string of the molecule is CC(CO)NC(=O)Nc1nnc(-c2ccccc2)s1. The molecule has 1 heterocycles. The van der Waals surface area contributed by atoms with E-state index in [4.69, 9.17) is 5.11 Å². The predicted molar refractivity (Wildman–Crippen MR) is 74.0 cm³/mol. The number of carbonyl (C=O) groups is 1. The highest BCUT2D eigenvalue weighted by atomic mass is 32.1. The van der Waals surface area contributed by atoms with Crippen LogP contribution in [0.1, 0.15) is 6.92 Å². The van der Waals surface area contributed by atoms with Gasteiger partial charge in [0.15, 0.2) is 0 Å². The molecule has 0 spiro atoms. The fourth-order valence-electron chi connectivity index (χ4n) is 1.37. The van der Waals surface area contributed by atoms with Crippen LogP contribution in [0.5, 0.6) is 0 Å². The number of hydrogen-bond acceptors (Lipinski definition) is 5. The van der Waals surface area contributed by atoms with E-state index in [-0.39, 0.29) is 12.6 Å². The first kappa shape index (κ1) is 13.4. The largest absolute Gasteiger partial charge is 0.394 e. The number of aliphatic hydroxyl groups excluding tert-OH is 1. The molecule has 19 heavy (non-hydrogen) atoms. The van der Waals surface area contributed by atoms with E-state index in [1.54, 1.807) is 6.92 Å². The average molecular weight is 278 g/mol. The van der Waals surface area contributed by atoms with Gasteiger partial charge >= 0.3 is 6.03 Å². The Bertz CT molecular complexity index is 544. The summed E-state index contributed by atoms with van der Waals surface area (Å²) in [4.78, 5) is 11.5. The molecule has 100 valence electrons. The fourth-order valence-corrected chi connectivity index (χ4v) is 2.12. The molecular weight excluding hydrogens is 264 g/mol. The lowest BCUT2D eigenvalue weighted by atomic mass is 10.2. The molecule has 1 aromatic heterocycles. The Balaban J connectivity index is 2.00. The zero-order chi connectivity index (χ0) is 13.7. The number of nitrogens with one attached hydrogen (secondary N) is 2. The minimum absolute atomic E-state index is 0.112. The first-order valence-electron chi connectivity index (χ1n) is 5.76. The van der Waals surface area contributed by atoms with Crippen molar-refractivity contribution in [2.75, 3.05) is 11.9 Å². The van der Waals surface area contributed by atoms with E-state index in [0.717, 1.165) is 10.6 Å². The Morgan fingerprint density at radius 1 is 1.37 bits per heavy atom. The molecule has 0 radical (unpaired) electrons. The van der Waals surface area contributed by atoms with Crippen LogP contribution < -0.4 is 10.6 Å². The maximum atomic E-state index is 11.5. The lowest BCUT2D eigenvalue weighted by molar-refractivity contribution is 0.229. The van der Waals surface area contributed by atoms with Crippen molar-refractivity contribution in [3.63, 3.8) is 0 Å². The zero-order valence-corrected chi connectivity index (χ0v) is 11.1. The lowest BCUT2D eigenvalue weighted by Gasteiger charge is -2.09. The maximum Gasteiger partial charge on any atom is 0.321 e. The summed E-state index contributed by atoms with van der Waals surface area (Å²) in [6.45, 7) is 1.59. The number of hydrogen-bond donors (Lipinski definition) is 3. The van der Waals surface area contributed by atoms with Gasteiger partial charge in [-0.15, -0.1) is 10.2 Å². The summed E-state index contributed by atoms with van der Waals surface area (Å²) >= 11 is 1.29. The van der Waals surface area contributed by atoms with Gasteiger partial charge in [0.05, 0.1) is 12.6 Å². The molecule has 0 saturated heterocycles. The Hall–Kier alpha value is -1.99. The Morgan fingerprint density at radius 2 is 2.11 bits per heavy atom. The molecule has 2 amide bonds. The highest BCUT2D eigenvalue weighted by Gasteiger charge is 2.10. The first-order chi connectivity index (χ1) is 9.19. The molecule has 0 saturated carbocycles. The smallest absolute Gasteiger partial charge is 0.321 e. The summed E-state index contributed by atoms with van der Waals surface area (Å²) in [7, 11) is 0. The first-order valence-corrected chi connectivity index (χ1v) is 6.58. The van der Waals surface area contributed by atoms with Crippen LogP contribution >= 0.6 is 11.3 Å². The van der Waals surface area contributed by atoms with Crippen LogP contribution in [-0.4, -0.2) is 34.0 Å². The van der Waals surface area contributed by atoms with Crippen LogP contribution in [0.25, 0.3) is 10.6 Å². The summed E-state index contributed by atoms with van der Waals surface area (Å²) in [5.41, 5.74) is 0.956. The molecule has 0 fully saturated rings. The number of aromatic nitrogens is 2. The van der Waals surface area contributed by atoms with Gasteiger partial charge in [-0.25, -0.2) is 4.79 Å². The number of amides is 2. The van der Waals surface area contributed by atoms with Crippen molar-refractivity contribution in [2.45, 2.75) is 13.0 Å². The molecule has 7 heteroatoms. The monoisotopic (exact) mass is 278 g/mol. The summed E-state index contributed by atoms with van der Waals surface area (Å²) in [6, 6.07) is 8.90. The van der Waals surface area contributed by atoms with Crippen LogP contribution in [-0.2, 0) is 0 Å². The third-order valence-corrected chi connectivity index (χ3v) is 3.21. The molecule has 1 aromatic carbocycles. The fraction of sp³-hybridized carbons (Fsp3) is 0.250. The van der Waals surface area contributed by atoms with E-state index in [9.17, 15) is 4.79 Å². The molecule has 0 aliphatic carbocycles. The average Bonchev–Trinajstić information content (AvgIpc) is 2.88. The van der Waals surface area contributed by atoms with Gasteiger partial charge in [-0.3, -0.25) is 5.32 Å². The van der Waals surface area contributed by atoms with Crippen molar-refractivity contribution in [3.8, 4) is 10.6 Å². The van der Waals surface area contributed by atoms with E-state index in [1.165, 1.54) is 11.3 Å². The minimum atomic E-state index is -0.405. The molecule has 0 aliphatic heterocycles. The minimum Gasteiger partial charge on any atom is -0.394 e. The van der Waals surface area contributed by atoms with E-state index < -0.39 is 6.03 Å². The van der Waals surface area contributed by atoms with E-state index in [2.05, 4.69) is 20.8 Å². The summed E-state index contributed by atoms with van der Waals surface area (Å²) in [6.07, 6.45) is 0. The molecule has 1 atom stereocenters. The van der Waals surface area contributed by atoms with E-state index in [0.29, 0.717) is 5.13 Å². The van der Waals surface area contributed by atoms with Crippen LogP contribution in [0.4, 0.5) is 9.93 Å². The normalized spacial score (nSPS) is 11.9. The van der Waals surface area contributed by atoms with Gasteiger partial charge in [-0.05, 0) is 6.92 Å². The predicted octanol–water partition coefficient (Wildman–Crippen LogP) is 1.71. The molecule has 1 unspecified atom stereocenters. The number of urea groups is 1. The molecule has 3 N–H and O–H groups in total. The molecule has 2 aromatic rings. The standard InChI is InChI=1S/C12H14N4O2S/c1-8(7-17)13-11(18)14-12-16-15-10(19-12)9-5-3-2-4-6-9/h2-6,8,17H,7H2,1H3,(H2,13,14,16,18). The van der Waals surface area contributed by atoms with E-state index in [1.807, 2.05) is 30.3 Å². The number of aliphatic hydroxyl groups is 1. The van der Waals surface area contributed by atoms with Gasteiger partial charge in [-0.2, -0.15) is 0 Å². The molecule has 0 aliphatic rings. The van der Waals surface area contributed by atoms with Gasteiger partial charge in [0.2, 0.25) is 5.13 Å². The highest BCUT2D eigenvalue weighted by Crippen LogP contribution is 2.25. The van der Waals surface area contributed by atoms with Crippen molar-refractivity contribution < 1.29 is 9.90 Å². The van der Waals surface area contributed by atoms with Crippen LogP contribution in [0, 0.1) is 0 Å². The zero-order valence-electron chi connectivity index (χ0n) is 10.3. The number of carbonyl (C=O) groups excluding carboxylic acids is 1. The Kier molecular flexibility index (Phi) is 4.43. The Labute approximate surface area is 114 Å². The van der Waals surface area contributed by atoms with Gasteiger partial charge in [0, 0.05) is 5.56 Å². The second kappa shape index (κ2) is 6.26. The quantitative estimate of drug-likeness (QED) is 0.794. The van der Waals surface area contributed by atoms with Crippen molar-refractivity contribution in [1.82, 2.24) is 15.5 Å². The van der Waals surface area contributed by atoms with Crippen LogP contribution in [0.3, 0.4) is 0 Å². The topological polar surface area (TPSA) is 87.1 Å². The summed E-state index contributed by atoms with van der Waals surface area (Å²) in [5.74, 6) is 0. The number of benzene rings is 1. The Morgan fingerprint density at radius 3 is 2.79 bits per heavy atom. The molecule has 0 bridgehead atoms. The van der Waals surface area contributed by atoms with Crippen molar-refractivity contribution in [3.05, 3.63) is 30.3 Å². The van der Waals surface area contributed by atoms with Gasteiger partial charge in [0.25, 0.3) is 0 Å². The summed E-state index contributed by atoms with van der Waals surface area (Å²) in [5, 5.41) is 23.1. The second-order valence-corrected chi connectivity index (χ2v) is 4.94. The van der Waals surface area contributed by atoms with Crippen LogP contribution in [0.2, 0.25) is 0 Å². The summed E-state index contributed by atoms with van der Waals surface area (Å²) < 4.78 is 0. The van der Waals surface area contributed by atoms with Crippen molar-refractivity contribution in [1.29, 1.82) is 0 Å². The molecular formula is C12H14N4O2S. The van der Waals surface area contributed by atoms with Crippen LogP contribution in [0.15, 0.2) is 30.3 Å². The third kappa shape index (κ3) is 3.73. The van der Waals surface area contributed by atoms with Gasteiger partial charge < -0.3 is 10.4 Å². The second-order valence-electron chi connectivity index (χ2n) is 3.96. The van der Waals surface area contributed by atoms with Crippen molar-refractivity contribution >= 4 is 22.5 Å². The van der Waals surface area contributed by atoms with Gasteiger partial charge in [0.1, 0.15) is 5.01 Å². The van der Waals surface area contributed by atoms with Crippen molar-refractivity contribution in [2.24, 2.45) is 0 Å². The lowest BCUT2D eigenvalue weighted by Crippen LogP contribution is -2.38. The number of rotatable bonds is 4. The van der Waals surface area contributed by atoms with Gasteiger partial charge in [-0.1, -0.05) is 41.7 Å². The molecule has 6 nitrogen and oxygen atoms in total.